The molecular formula is C20H36OSSn. The molecular weight excluding hydrogens is 407 g/mol. The Morgan fingerprint density at radius 3 is 2.00 bits per heavy atom. The summed E-state index contributed by atoms with van der Waals surface area (Å²) < 4.78 is 11.3. The van der Waals surface area contributed by atoms with Gasteiger partial charge in [-0.25, -0.2) is 0 Å². The molecule has 1 aromatic rings. The maximum absolute atomic E-state index is 5.32. The molecule has 0 amide bonds. The number of methoxy groups -OCH3 is 1. The number of unbranched alkanes of at least 4 members (excludes halogenated alkanes) is 2. The fourth-order valence-electron chi connectivity index (χ4n) is 3.44. The average Bonchev–Trinajstić information content (AvgIpc) is 2.56. The van der Waals surface area contributed by atoms with E-state index in [0.717, 1.165) is 5.75 Å². The Balaban J connectivity index is 2.90. The van der Waals surface area contributed by atoms with Crippen molar-refractivity contribution in [3.63, 3.8) is 0 Å². The Kier molecular flexibility index (Phi) is 10.8. The molecule has 0 radical (unpaired) electrons. The van der Waals surface area contributed by atoms with Crippen LogP contribution in [-0.4, -0.2) is 30.7 Å². The normalized spacial score (nSPS) is 13.1. The number of ether oxygens (including phenoxy) is 1. The first kappa shape index (κ1) is 21.2. The van der Waals surface area contributed by atoms with Gasteiger partial charge in [-0.05, 0) is 0 Å². The molecule has 1 aromatic carbocycles. The molecule has 1 nitrogen and oxygen atoms in total. The van der Waals surface area contributed by atoms with Gasteiger partial charge in [0.1, 0.15) is 0 Å². The number of hydrogen-bond acceptors (Lipinski definition) is 2. The summed E-state index contributed by atoms with van der Waals surface area (Å²) in [5, 5.41) is 0.546. The van der Waals surface area contributed by atoms with Gasteiger partial charge in [0.15, 0.2) is 0 Å². The van der Waals surface area contributed by atoms with E-state index >= 15 is 0 Å². The monoisotopic (exact) mass is 444 g/mol. The van der Waals surface area contributed by atoms with E-state index in [2.05, 4.69) is 57.7 Å². The van der Waals surface area contributed by atoms with Crippen LogP contribution in [0.15, 0.2) is 24.3 Å². The summed E-state index contributed by atoms with van der Waals surface area (Å²) in [6, 6.07) is 8.86. The van der Waals surface area contributed by atoms with Gasteiger partial charge in [0.05, 0.1) is 0 Å². The Bertz CT molecular complexity index is 408. The molecule has 0 heterocycles. The standard InChI is InChI=1S/C8H9O.C4H9S.2C4H9.Sn/c1-7-3-5-8(9-2)6-4-7;1-3-4(2)5;2*1-3-4-2;/h3-6H,1H2,2H3;4-5H,1,3H2,2H3;2*1,3-4H2,2H3;. The fraction of sp³-hybridized carbons (Fsp3) is 0.700. The SMILES string of the molecule is CCC[CH2][Sn]([CH2]CCC)([CH2]CC(C)S)[CH2]c1ccc(OC)cc1. The van der Waals surface area contributed by atoms with Crippen LogP contribution in [-0.2, 0) is 4.44 Å². The molecule has 1 rings (SSSR count). The van der Waals surface area contributed by atoms with E-state index in [0.29, 0.717) is 5.25 Å². The van der Waals surface area contributed by atoms with Crippen molar-refractivity contribution < 1.29 is 4.74 Å². The van der Waals surface area contributed by atoms with Crippen LogP contribution in [0.1, 0.15) is 58.4 Å². The molecule has 0 aliphatic heterocycles. The van der Waals surface area contributed by atoms with Gasteiger partial charge in [-0.3, -0.25) is 0 Å². The number of benzene rings is 1. The molecule has 132 valence electrons. The minimum atomic E-state index is -2.13. The third-order valence-electron chi connectivity index (χ3n) is 4.95. The summed E-state index contributed by atoms with van der Waals surface area (Å²) >= 11 is 2.53. The molecule has 0 aliphatic carbocycles. The van der Waals surface area contributed by atoms with E-state index in [1.165, 1.54) is 41.0 Å². The predicted octanol–water partition coefficient (Wildman–Crippen LogP) is 6.53. The first-order chi connectivity index (χ1) is 11.0. The van der Waals surface area contributed by atoms with Crippen LogP contribution < -0.4 is 4.74 Å². The zero-order chi connectivity index (χ0) is 17.1. The molecule has 0 fully saturated rings. The second kappa shape index (κ2) is 11.7. The Hall–Kier alpha value is 0.169. The zero-order valence-electron chi connectivity index (χ0n) is 15.6. The van der Waals surface area contributed by atoms with Crippen molar-refractivity contribution in [2.75, 3.05) is 7.11 Å². The van der Waals surface area contributed by atoms with Crippen LogP contribution in [0.3, 0.4) is 0 Å². The van der Waals surface area contributed by atoms with Crippen LogP contribution in [0.2, 0.25) is 13.3 Å². The number of hydrogen-bond donors (Lipinski definition) is 1. The van der Waals surface area contributed by atoms with E-state index in [1.807, 2.05) is 0 Å². The van der Waals surface area contributed by atoms with Crippen molar-refractivity contribution in [3.8, 4) is 5.75 Å². The molecule has 0 saturated carbocycles. The molecule has 3 heteroatoms. The molecule has 0 bridgehead atoms. The summed E-state index contributed by atoms with van der Waals surface area (Å²) in [5.41, 5.74) is 1.54. The van der Waals surface area contributed by atoms with Crippen molar-refractivity contribution >= 4 is 31.0 Å². The molecule has 0 saturated heterocycles. The van der Waals surface area contributed by atoms with Crippen LogP contribution in [0, 0.1) is 0 Å². The van der Waals surface area contributed by atoms with Crippen molar-refractivity contribution in [1.29, 1.82) is 0 Å². The topological polar surface area (TPSA) is 9.23 Å². The number of thiol groups is 1. The Morgan fingerprint density at radius 1 is 1.00 bits per heavy atom. The average molecular weight is 443 g/mol. The van der Waals surface area contributed by atoms with Gasteiger partial charge >= 0.3 is 154 Å². The van der Waals surface area contributed by atoms with Crippen molar-refractivity contribution in [2.24, 2.45) is 0 Å². The summed E-state index contributed by atoms with van der Waals surface area (Å²) in [5.74, 6) is 0.973. The summed E-state index contributed by atoms with van der Waals surface area (Å²) in [6.45, 7) is 6.93. The fourth-order valence-corrected chi connectivity index (χ4v) is 20.3. The minimum absolute atomic E-state index is 0.546. The maximum atomic E-state index is 5.32. The first-order valence-corrected chi connectivity index (χ1v) is 17.9. The van der Waals surface area contributed by atoms with Gasteiger partial charge in [-0.1, -0.05) is 0 Å². The van der Waals surface area contributed by atoms with E-state index in [-0.39, 0.29) is 0 Å². The summed E-state index contributed by atoms with van der Waals surface area (Å²) in [7, 11) is 1.75. The predicted molar refractivity (Wildman–Crippen MR) is 110 cm³/mol. The second-order valence-electron chi connectivity index (χ2n) is 7.12. The second-order valence-corrected chi connectivity index (χ2v) is 21.9. The van der Waals surface area contributed by atoms with Crippen molar-refractivity contribution in [2.45, 2.75) is 75.9 Å². The molecule has 1 unspecified atom stereocenters. The molecule has 1 atom stereocenters. The van der Waals surface area contributed by atoms with Gasteiger partial charge in [0.2, 0.25) is 0 Å². The first-order valence-electron chi connectivity index (χ1n) is 9.36. The van der Waals surface area contributed by atoms with Crippen LogP contribution in [0.25, 0.3) is 0 Å². The van der Waals surface area contributed by atoms with Crippen LogP contribution >= 0.6 is 12.6 Å². The molecule has 0 N–H and O–H groups in total. The molecule has 0 spiro atoms. The van der Waals surface area contributed by atoms with Crippen molar-refractivity contribution in [3.05, 3.63) is 29.8 Å². The number of rotatable bonds is 12. The van der Waals surface area contributed by atoms with Gasteiger partial charge < -0.3 is 0 Å². The van der Waals surface area contributed by atoms with Crippen LogP contribution in [0.5, 0.6) is 5.75 Å². The van der Waals surface area contributed by atoms with E-state index in [9.17, 15) is 0 Å². The molecule has 0 aliphatic rings. The zero-order valence-corrected chi connectivity index (χ0v) is 19.4. The van der Waals surface area contributed by atoms with Gasteiger partial charge in [-0.15, -0.1) is 0 Å². The summed E-state index contributed by atoms with van der Waals surface area (Å²) in [4.78, 5) is 0. The third kappa shape index (κ3) is 8.20. The van der Waals surface area contributed by atoms with Gasteiger partial charge in [-0.2, -0.15) is 0 Å². The van der Waals surface area contributed by atoms with Gasteiger partial charge in [0, 0.05) is 0 Å². The quantitative estimate of drug-likeness (QED) is 0.285. The molecule has 0 aromatic heterocycles. The van der Waals surface area contributed by atoms with Crippen LogP contribution in [0.4, 0.5) is 0 Å². The van der Waals surface area contributed by atoms with Crippen molar-refractivity contribution in [1.82, 2.24) is 0 Å². The van der Waals surface area contributed by atoms with E-state index in [1.54, 1.807) is 21.5 Å². The summed E-state index contributed by atoms with van der Waals surface area (Å²) in [6.07, 6.45) is 6.84. The van der Waals surface area contributed by atoms with E-state index < -0.39 is 18.4 Å². The van der Waals surface area contributed by atoms with Gasteiger partial charge in [0.25, 0.3) is 0 Å². The third-order valence-corrected chi connectivity index (χ3v) is 20.4. The molecule has 23 heavy (non-hydrogen) atoms. The van der Waals surface area contributed by atoms with E-state index in [4.69, 9.17) is 4.74 Å². The Morgan fingerprint density at radius 2 is 1.57 bits per heavy atom. The Labute approximate surface area is 153 Å².